The first kappa shape index (κ1) is 14.2. The van der Waals surface area contributed by atoms with E-state index in [0.717, 1.165) is 23.4 Å². The van der Waals surface area contributed by atoms with Gasteiger partial charge in [0, 0.05) is 0 Å². The zero-order chi connectivity index (χ0) is 14.6. The SMILES string of the molecule is COc1ccc(C=Cc2cccc(C(F)(F)F)c2)cc1. The summed E-state index contributed by atoms with van der Waals surface area (Å²) >= 11 is 0. The summed E-state index contributed by atoms with van der Waals surface area (Å²) in [5.74, 6) is 0.737. The normalized spacial score (nSPS) is 11.8. The van der Waals surface area contributed by atoms with Gasteiger partial charge in [-0.25, -0.2) is 0 Å². The number of benzene rings is 2. The van der Waals surface area contributed by atoms with Gasteiger partial charge in [0.1, 0.15) is 5.75 Å². The lowest BCUT2D eigenvalue weighted by Crippen LogP contribution is -2.04. The summed E-state index contributed by atoms with van der Waals surface area (Å²) in [5.41, 5.74) is 0.758. The minimum absolute atomic E-state index is 0.510. The topological polar surface area (TPSA) is 9.23 Å². The van der Waals surface area contributed by atoms with Gasteiger partial charge < -0.3 is 4.74 Å². The molecule has 0 radical (unpaired) electrons. The lowest BCUT2D eigenvalue weighted by Gasteiger charge is -2.06. The van der Waals surface area contributed by atoms with Gasteiger partial charge in [-0.05, 0) is 35.4 Å². The van der Waals surface area contributed by atoms with Crippen LogP contribution in [0.2, 0.25) is 0 Å². The second-order valence-electron chi connectivity index (χ2n) is 4.23. The van der Waals surface area contributed by atoms with Crippen molar-refractivity contribution in [2.24, 2.45) is 0 Å². The highest BCUT2D eigenvalue weighted by molar-refractivity contribution is 5.70. The lowest BCUT2D eigenvalue weighted by molar-refractivity contribution is -0.137. The van der Waals surface area contributed by atoms with Crippen molar-refractivity contribution in [3.63, 3.8) is 0 Å². The van der Waals surface area contributed by atoms with E-state index < -0.39 is 11.7 Å². The molecule has 2 aromatic carbocycles. The fraction of sp³-hybridized carbons (Fsp3) is 0.125. The predicted octanol–water partition coefficient (Wildman–Crippen LogP) is 4.88. The smallest absolute Gasteiger partial charge is 0.416 e. The molecule has 0 fully saturated rings. The summed E-state index contributed by atoms with van der Waals surface area (Å²) in [7, 11) is 1.58. The van der Waals surface area contributed by atoms with Gasteiger partial charge in [0.2, 0.25) is 0 Å². The zero-order valence-corrected chi connectivity index (χ0v) is 10.8. The maximum atomic E-state index is 12.6. The van der Waals surface area contributed by atoms with E-state index in [9.17, 15) is 13.2 Å². The van der Waals surface area contributed by atoms with E-state index >= 15 is 0 Å². The van der Waals surface area contributed by atoms with E-state index in [2.05, 4.69) is 0 Å². The van der Waals surface area contributed by atoms with Gasteiger partial charge in [0.05, 0.1) is 12.7 Å². The highest BCUT2D eigenvalue weighted by Gasteiger charge is 2.30. The minimum atomic E-state index is -4.32. The van der Waals surface area contributed by atoms with E-state index in [0.29, 0.717) is 5.56 Å². The van der Waals surface area contributed by atoms with E-state index in [1.165, 1.54) is 6.07 Å². The number of ether oxygens (including phenoxy) is 1. The molecular formula is C16H13F3O. The molecule has 0 aromatic heterocycles. The molecule has 0 atom stereocenters. The van der Waals surface area contributed by atoms with Gasteiger partial charge >= 0.3 is 6.18 Å². The fourth-order valence-corrected chi connectivity index (χ4v) is 1.73. The number of halogens is 3. The van der Waals surface area contributed by atoms with Crippen molar-refractivity contribution in [1.82, 2.24) is 0 Å². The molecule has 104 valence electrons. The summed E-state index contributed by atoms with van der Waals surface area (Å²) in [6.07, 6.45) is -0.907. The predicted molar refractivity (Wildman–Crippen MR) is 73.4 cm³/mol. The van der Waals surface area contributed by atoms with Gasteiger partial charge in [-0.1, -0.05) is 36.4 Å². The molecule has 0 aliphatic carbocycles. The van der Waals surface area contributed by atoms with Gasteiger partial charge in [-0.2, -0.15) is 13.2 Å². The van der Waals surface area contributed by atoms with Crippen LogP contribution in [0, 0.1) is 0 Å². The molecule has 2 rings (SSSR count). The third-order valence-electron chi connectivity index (χ3n) is 2.80. The van der Waals surface area contributed by atoms with Crippen LogP contribution in [0.5, 0.6) is 5.75 Å². The highest BCUT2D eigenvalue weighted by Crippen LogP contribution is 2.29. The first-order valence-corrected chi connectivity index (χ1v) is 5.98. The molecule has 0 saturated heterocycles. The number of hydrogen-bond donors (Lipinski definition) is 0. The summed E-state index contributed by atoms with van der Waals surface area (Å²) in [5, 5.41) is 0. The second-order valence-corrected chi connectivity index (χ2v) is 4.23. The monoisotopic (exact) mass is 278 g/mol. The van der Waals surface area contributed by atoms with Gasteiger partial charge in [0.15, 0.2) is 0 Å². The Morgan fingerprint density at radius 3 is 2.15 bits per heavy atom. The van der Waals surface area contributed by atoms with Crippen LogP contribution in [0.15, 0.2) is 48.5 Å². The number of rotatable bonds is 3. The van der Waals surface area contributed by atoms with Crippen molar-refractivity contribution < 1.29 is 17.9 Å². The molecular weight excluding hydrogens is 265 g/mol. The van der Waals surface area contributed by atoms with Gasteiger partial charge in [-0.15, -0.1) is 0 Å². The van der Waals surface area contributed by atoms with Crippen LogP contribution in [0.25, 0.3) is 12.2 Å². The average molecular weight is 278 g/mol. The molecule has 1 nitrogen and oxygen atoms in total. The van der Waals surface area contributed by atoms with Gasteiger partial charge in [0.25, 0.3) is 0 Å². The van der Waals surface area contributed by atoms with Crippen LogP contribution in [-0.4, -0.2) is 7.11 Å². The maximum absolute atomic E-state index is 12.6. The molecule has 0 spiro atoms. The largest absolute Gasteiger partial charge is 0.497 e. The van der Waals surface area contributed by atoms with Gasteiger partial charge in [-0.3, -0.25) is 0 Å². The number of hydrogen-bond acceptors (Lipinski definition) is 1. The van der Waals surface area contributed by atoms with Crippen molar-refractivity contribution in [3.05, 3.63) is 65.2 Å². The average Bonchev–Trinajstić information content (AvgIpc) is 2.45. The molecule has 0 amide bonds. The van der Waals surface area contributed by atoms with E-state index in [-0.39, 0.29) is 0 Å². The summed E-state index contributed by atoms with van der Waals surface area (Å²) in [6.45, 7) is 0. The van der Waals surface area contributed by atoms with Crippen molar-refractivity contribution in [3.8, 4) is 5.75 Å². The maximum Gasteiger partial charge on any atom is 0.416 e. The minimum Gasteiger partial charge on any atom is -0.497 e. The molecule has 0 saturated carbocycles. The Balaban J connectivity index is 2.18. The third-order valence-corrected chi connectivity index (χ3v) is 2.80. The Bertz CT molecular complexity index is 598. The van der Waals surface area contributed by atoms with Crippen molar-refractivity contribution >= 4 is 12.2 Å². The highest BCUT2D eigenvalue weighted by atomic mass is 19.4. The van der Waals surface area contributed by atoms with Crippen LogP contribution >= 0.6 is 0 Å². The Morgan fingerprint density at radius 1 is 0.900 bits per heavy atom. The first-order chi connectivity index (χ1) is 9.49. The van der Waals surface area contributed by atoms with Crippen molar-refractivity contribution in [2.45, 2.75) is 6.18 Å². The molecule has 4 heteroatoms. The van der Waals surface area contributed by atoms with E-state index in [1.54, 1.807) is 37.5 Å². The summed E-state index contributed by atoms with van der Waals surface area (Å²) in [6, 6.07) is 12.5. The zero-order valence-electron chi connectivity index (χ0n) is 10.8. The number of alkyl halides is 3. The van der Waals surface area contributed by atoms with Crippen molar-refractivity contribution in [1.29, 1.82) is 0 Å². The molecule has 0 heterocycles. The van der Waals surface area contributed by atoms with Crippen LogP contribution in [0.4, 0.5) is 13.2 Å². The quantitative estimate of drug-likeness (QED) is 0.727. The van der Waals surface area contributed by atoms with E-state index in [4.69, 9.17) is 4.74 Å². The standard InChI is InChI=1S/C16H13F3O/c1-20-15-9-7-12(8-10-15)5-6-13-3-2-4-14(11-13)16(17,18)19/h2-11H,1H3. The Hall–Kier alpha value is -2.23. The van der Waals surface area contributed by atoms with Crippen LogP contribution in [-0.2, 0) is 6.18 Å². The Kier molecular flexibility index (Phi) is 4.13. The second kappa shape index (κ2) is 5.82. The fourth-order valence-electron chi connectivity index (χ4n) is 1.73. The lowest BCUT2D eigenvalue weighted by atomic mass is 10.1. The van der Waals surface area contributed by atoms with Crippen LogP contribution in [0.1, 0.15) is 16.7 Å². The first-order valence-electron chi connectivity index (χ1n) is 5.98. The summed E-state index contributed by atoms with van der Waals surface area (Å²) < 4.78 is 42.8. The van der Waals surface area contributed by atoms with Crippen LogP contribution in [0.3, 0.4) is 0 Å². The molecule has 0 unspecified atom stereocenters. The Morgan fingerprint density at radius 2 is 1.55 bits per heavy atom. The molecule has 0 N–H and O–H groups in total. The molecule has 0 bridgehead atoms. The molecule has 0 aliphatic rings. The molecule has 20 heavy (non-hydrogen) atoms. The molecule has 0 aliphatic heterocycles. The molecule has 2 aromatic rings. The van der Waals surface area contributed by atoms with Crippen molar-refractivity contribution in [2.75, 3.05) is 7.11 Å². The third kappa shape index (κ3) is 3.63. The summed E-state index contributed by atoms with van der Waals surface area (Å²) in [4.78, 5) is 0. The van der Waals surface area contributed by atoms with E-state index in [1.807, 2.05) is 12.1 Å². The number of methoxy groups -OCH3 is 1. The van der Waals surface area contributed by atoms with Crippen LogP contribution < -0.4 is 4.74 Å². The Labute approximate surface area is 115 Å².